The summed E-state index contributed by atoms with van der Waals surface area (Å²) < 4.78 is 33.2. The van der Waals surface area contributed by atoms with Gasteiger partial charge in [0.15, 0.2) is 11.6 Å². The molecule has 0 bridgehead atoms. The largest absolute Gasteiger partial charge is 0.491 e. The van der Waals surface area contributed by atoms with E-state index < -0.39 is 23.4 Å². The third-order valence-electron chi connectivity index (χ3n) is 5.92. The minimum absolute atomic E-state index is 0.000469. The van der Waals surface area contributed by atoms with Crippen molar-refractivity contribution in [3.63, 3.8) is 0 Å². The van der Waals surface area contributed by atoms with Crippen molar-refractivity contribution in [1.82, 2.24) is 4.90 Å². The van der Waals surface area contributed by atoms with Crippen molar-refractivity contribution in [2.75, 3.05) is 18.0 Å². The zero-order chi connectivity index (χ0) is 23.9. The molecule has 1 saturated heterocycles. The Morgan fingerprint density at radius 1 is 0.909 bits per heavy atom. The van der Waals surface area contributed by atoms with Gasteiger partial charge in [-0.1, -0.05) is 26.0 Å². The SMILES string of the molecule is CC1CC(C)CN(C2=C(c3ccc(OC(C)C)cc3)C(=O)N(c3ccc(F)c(F)c3)C2=O)C1. The summed E-state index contributed by atoms with van der Waals surface area (Å²) in [5.74, 6) is -1.86. The highest BCUT2D eigenvalue weighted by atomic mass is 19.2. The predicted molar refractivity (Wildman–Crippen MR) is 122 cm³/mol. The molecule has 2 amide bonds. The molecule has 174 valence electrons. The summed E-state index contributed by atoms with van der Waals surface area (Å²) in [6.07, 6.45) is 1.04. The van der Waals surface area contributed by atoms with Crippen LogP contribution in [0.25, 0.3) is 5.57 Å². The van der Waals surface area contributed by atoms with Gasteiger partial charge in [-0.2, -0.15) is 0 Å². The molecule has 0 N–H and O–H groups in total. The number of hydrogen-bond acceptors (Lipinski definition) is 4. The Labute approximate surface area is 192 Å². The molecule has 7 heteroatoms. The molecule has 0 saturated carbocycles. The standard InChI is InChI=1S/C26H28F2N2O3/c1-15(2)33-20-8-5-18(6-9-20)23-24(29-13-16(3)11-17(4)14-29)26(32)30(25(23)31)19-7-10-21(27)22(28)12-19/h5-10,12,15-17H,11,13-14H2,1-4H3. The van der Waals surface area contributed by atoms with Gasteiger partial charge >= 0.3 is 0 Å². The molecule has 2 atom stereocenters. The number of piperidine rings is 1. The predicted octanol–water partition coefficient (Wildman–Crippen LogP) is 5.01. The molecule has 0 aromatic heterocycles. The molecule has 4 rings (SSSR count). The Balaban J connectivity index is 1.79. The number of rotatable bonds is 5. The van der Waals surface area contributed by atoms with Gasteiger partial charge in [0.1, 0.15) is 11.4 Å². The number of carbonyl (C=O) groups is 2. The Morgan fingerprint density at radius 3 is 2.12 bits per heavy atom. The number of anilines is 1. The quantitative estimate of drug-likeness (QED) is 0.596. The van der Waals surface area contributed by atoms with Crippen LogP contribution in [0.1, 0.15) is 39.7 Å². The van der Waals surface area contributed by atoms with Crippen molar-refractivity contribution >= 4 is 23.1 Å². The topological polar surface area (TPSA) is 49.9 Å². The minimum atomic E-state index is -1.11. The molecule has 0 radical (unpaired) electrons. The van der Waals surface area contributed by atoms with Gasteiger partial charge in [-0.3, -0.25) is 9.59 Å². The van der Waals surface area contributed by atoms with E-state index in [4.69, 9.17) is 4.74 Å². The fourth-order valence-electron chi connectivity index (χ4n) is 4.75. The lowest BCUT2D eigenvalue weighted by molar-refractivity contribution is -0.120. The highest BCUT2D eigenvalue weighted by Crippen LogP contribution is 2.38. The van der Waals surface area contributed by atoms with E-state index in [0.717, 1.165) is 23.5 Å². The number of imide groups is 1. The first kappa shape index (κ1) is 23.0. The third kappa shape index (κ3) is 4.49. The maximum absolute atomic E-state index is 13.9. The third-order valence-corrected chi connectivity index (χ3v) is 5.92. The van der Waals surface area contributed by atoms with Crippen molar-refractivity contribution in [2.45, 2.75) is 40.2 Å². The highest BCUT2D eigenvalue weighted by Gasteiger charge is 2.43. The van der Waals surface area contributed by atoms with Crippen molar-refractivity contribution in [3.8, 4) is 5.75 Å². The van der Waals surface area contributed by atoms with Gasteiger partial charge in [0.05, 0.1) is 17.4 Å². The van der Waals surface area contributed by atoms with Crippen LogP contribution in [-0.4, -0.2) is 35.9 Å². The molecular formula is C26H28F2N2O3. The molecule has 1 fully saturated rings. The van der Waals surface area contributed by atoms with Crippen LogP contribution in [0, 0.1) is 23.5 Å². The van der Waals surface area contributed by atoms with Crippen molar-refractivity contribution in [3.05, 3.63) is 65.4 Å². The first-order chi connectivity index (χ1) is 15.7. The van der Waals surface area contributed by atoms with E-state index in [1.165, 1.54) is 6.07 Å². The molecule has 33 heavy (non-hydrogen) atoms. The maximum atomic E-state index is 13.9. The summed E-state index contributed by atoms with van der Waals surface area (Å²) >= 11 is 0. The van der Waals surface area contributed by atoms with E-state index >= 15 is 0 Å². The number of halogens is 2. The summed E-state index contributed by atoms with van der Waals surface area (Å²) in [5, 5.41) is 0. The van der Waals surface area contributed by atoms with Gasteiger partial charge in [0.25, 0.3) is 11.8 Å². The van der Waals surface area contributed by atoms with Crippen LogP contribution < -0.4 is 9.64 Å². The van der Waals surface area contributed by atoms with Gasteiger partial charge < -0.3 is 9.64 Å². The van der Waals surface area contributed by atoms with E-state index in [0.29, 0.717) is 41.9 Å². The van der Waals surface area contributed by atoms with Crippen LogP contribution >= 0.6 is 0 Å². The van der Waals surface area contributed by atoms with Crippen molar-refractivity contribution in [2.24, 2.45) is 11.8 Å². The zero-order valence-corrected chi connectivity index (χ0v) is 19.3. The fraction of sp³-hybridized carbons (Fsp3) is 0.385. The van der Waals surface area contributed by atoms with E-state index in [-0.39, 0.29) is 17.4 Å². The normalized spacial score (nSPS) is 21.4. The fourth-order valence-corrected chi connectivity index (χ4v) is 4.75. The first-order valence-electron chi connectivity index (χ1n) is 11.3. The van der Waals surface area contributed by atoms with Gasteiger partial charge in [0, 0.05) is 19.2 Å². The van der Waals surface area contributed by atoms with Crippen LogP contribution in [0.4, 0.5) is 14.5 Å². The molecule has 2 unspecified atom stereocenters. The lowest BCUT2D eigenvalue weighted by atomic mass is 9.91. The molecule has 5 nitrogen and oxygen atoms in total. The number of amides is 2. The summed E-state index contributed by atoms with van der Waals surface area (Å²) in [5.41, 5.74) is 1.16. The number of likely N-dealkylation sites (tertiary alicyclic amines) is 1. The Hall–Kier alpha value is -3.22. The number of nitrogens with zero attached hydrogens (tertiary/aromatic N) is 2. The average molecular weight is 455 g/mol. The van der Waals surface area contributed by atoms with Gasteiger partial charge in [-0.15, -0.1) is 0 Å². The number of carbonyl (C=O) groups excluding carboxylic acids is 2. The second kappa shape index (κ2) is 8.96. The first-order valence-corrected chi connectivity index (χ1v) is 11.3. The molecule has 2 aliphatic heterocycles. The summed E-state index contributed by atoms with van der Waals surface area (Å²) in [6, 6.07) is 10.1. The minimum Gasteiger partial charge on any atom is -0.491 e. The smallest absolute Gasteiger partial charge is 0.282 e. The van der Waals surface area contributed by atoms with E-state index in [9.17, 15) is 18.4 Å². The van der Waals surface area contributed by atoms with Crippen LogP contribution in [0.3, 0.4) is 0 Å². The Bertz CT molecular complexity index is 1100. The maximum Gasteiger partial charge on any atom is 0.282 e. The summed E-state index contributed by atoms with van der Waals surface area (Å²) in [4.78, 5) is 30.1. The van der Waals surface area contributed by atoms with Crippen LogP contribution in [-0.2, 0) is 9.59 Å². The van der Waals surface area contributed by atoms with E-state index in [1.807, 2.05) is 18.7 Å². The lowest BCUT2D eigenvalue weighted by Gasteiger charge is -2.37. The number of benzene rings is 2. The molecule has 2 aromatic carbocycles. The van der Waals surface area contributed by atoms with Gasteiger partial charge in [-0.05, 0) is 61.9 Å². The van der Waals surface area contributed by atoms with Crippen LogP contribution in [0.5, 0.6) is 5.75 Å². The Kier molecular flexibility index (Phi) is 6.23. The molecule has 0 aliphatic carbocycles. The monoisotopic (exact) mass is 454 g/mol. The molecule has 2 heterocycles. The molecule has 2 aromatic rings. The number of hydrogen-bond donors (Lipinski definition) is 0. The van der Waals surface area contributed by atoms with Crippen LogP contribution in [0.2, 0.25) is 0 Å². The second-order valence-electron chi connectivity index (χ2n) is 9.31. The second-order valence-corrected chi connectivity index (χ2v) is 9.31. The van der Waals surface area contributed by atoms with Crippen molar-refractivity contribution in [1.29, 1.82) is 0 Å². The van der Waals surface area contributed by atoms with Gasteiger partial charge in [-0.25, -0.2) is 13.7 Å². The van der Waals surface area contributed by atoms with Crippen molar-refractivity contribution < 1.29 is 23.1 Å². The average Bonchev–Trinajstić information content (AvgIpc) is 3.00. The lowest BCUT2D eigenvalue weighted by Crippen LogP contribution is -2.42. The van der Waals surface area contributed by atoms with E-state index in [1.54, 1.807) is 24.3 Å². The molecule has 2 aliphatic rings. The highest BCUT2D eigenvalue weighted by molar-refractivity contribution is 6.45. The summed E-state index contributed by atoms with van der Waals surface area (Å²) in [6.45, 7) is 9.37. The zero-order valence-electron chi connectivity index (χ0n) is 19.3. The van der Waals surface area contributed by atoms with E-state index in [2.05, 4.69) is 13.8 Å². The molecule has 0 spiro atoms. The van der Waals surface area contributed by atoms with Gasteiger partial charge in [0.2, 0.25) is 0 Å². The number of ether oxygens (including phenoxy) is 1. The molecular weight excluding hydrogens is 426 g/mol. The van der Waals surface area contributed by atoms with Crippen LogP contribution in [0.15, 0.2) is 48.2 Å². The Morgan fingerprint density at radius 2 is 1.55 bits per heavy atom. The summed E-state index contributed by atoms with van der Waals surface area (Å²) in [7, 11) is 0.